The summed E-state index contributed by atoms with van der Waals surface area (Å²) in [5.41, 5.74) is 4.99. The predicted molar refractivity (Wildman–Crippen MR) is 132 cm³/mol. The van der Waals surface area contributed by atoms with E-state index in [0.29, 0.717) is 5.75 Å². The lowest BCUT2D eigenvalue weighted by atomic mass is 9.89. The Hall–Kier alpha value is -1.65. The zero-order chi connectivity index (χ0) is 23.6. The Morgan fingerprint density at radius 3 is 2.16 bits per heavy atom. The molecule has 32 heavy (non-hydrogen) atoms. The van der Waals surface area contributed by atoms with Gasteiger partial charge in [0.25, 0.3) is 0 Å². The Balaban J connectivity index is 2.27. The van der Waals surface area contributed by atoms with Crippen LogP contribution in [0.15, 0.2) is 42.5 Å². The van der Waals surface area contributed by atoms with E-state index in [-0.39, 0.29) is 12.1 Å². The molecule has 3 N–H and O–H groups in total. The SMILES string of the molecule is CCCCc1c(CC(C)NC(C)c2ccccc2)ccc(OCP(=O)(O)O)c1CCCC. The summed E-state index contributed by atoms with van der Waals surface area (Å²) in [7, 11) is -4.23. The van der Waals surface area contributed by atoms with Gasteiger partial charge in [-0.25, -0.2) is 0 Å². The monoisotopic (exact) mass is 461 g/mol. The molecule has 0 spiro atoms. The lowest BCUT2D eigenvalue weighted by molar-refractivity contribution is 0.298. The van der Waals surface area contributed by atoms with E-state index >= 15 is 0 Å². The molecule has 6 heteroatoms. The number of hydrogen-bond donors (Lipinski definition) is 3. The molecule has 0 aromatic heterocycles. The summed E-state index contributed by atoms with van der Waals surface area (Å²) in [5.74, 6) is 0.620. The Morgan fingerprint density at radius 2 is 1.56 bits per heavy atom. The van der Waals surface area contributed by atoms with Crippen molar-refractivity contribution in [1.29, 1.82) is 0 Å². The van der Waals surface area contributed by atoms with Crippen molar-refractivity contribution in [3.8, 4) is 5.75 Å². The topological polar surface area (TPSA) is 78.8 Å². The molecule has 5 nitrogen and oxygen atoms in total. The van der Waals surface area contributed by atoms with E-state index in [0.717, 1.165) is 50.5 Å². The van der Waals surface area contributed by atoms with Crippen LogP contribution < -0.4 is 10.1 Å². The fraction of sp³-hybridized carbons (Fsp3) is 0.538. The van der Waals surface area contributed by atoms with Crippen molar-refractivity contribution < 1.29 is 19.1 Å². The van der Waals surface area contributed by atoms with E-state index in [1.165, 1.54) is 16.7 Å². The molecule has 2 aromatic carbocycles. The minimum absolute atomic E-state index is 0.260. The van der Waals surface area contributed by atoms with Crippen LogP contribution in [0.1, 0.15) is 81.7 Å². The maximum atomic E-state index is 11.4. The molecule has 0 aliphatic rings. The van der Waals surface area contributed by atoms with Gasteiger partial charge < -0.3 is 19.8 Å². The van der Waals surface area contributed by atoms with E-state index in [1.54, 1.807) is 0 Å². The van der Waals surface area contributed by atoms with Gasteiger partial charge in [0.15, 0.2) is 6.35 Å². The van der Waals surface area contributed by atoms with Crippen LogP contribution in [-0.4, -0.2) is 22.2 Å². The van der Waals surface area contributed by atoms with Crippen LogP contribution in [0.2, 0.25) is 0 Å². The third-order valence-corrected chi connectivity index (χ3v) is 6.26. The van der Waals surface area contributed by atoms with Gasteiger partial charge in [0, 0.05) is 12.1 Å². The van der Waals surface area contributed by atoms with Crippen molar-refractivity contribution in [2.45, 2.75) is 84.7 Å². The van der Waals surface area contributed by atoms with Crippen LogP contribution in [0.25, 0.3) is 0 Å². The quantitative estimate of drug-likeness (QED) is 0.293. The second-order valence-electron chi connectivity index (χ2n) is 8.73. The molecular weight excluding hydrogens is 421 g/mol. The zero-order valence-corrected chi connectivity index (χ0v) is 20.9. The summed E-state index contributed by atoms with van der Waals surface area (Å²) < 4.78 is 17.0. The van der Waals surface area contributed by atoms with Crippen LogP contribution in [0, 0.1) is 0 Å². The molecule has 2 aromatic rings. The lowest BCUT2D eigenvalue weighted by Crippen LogP contribution is -2.31. The van der Waals surface area contributed by atoms with Crippen molar-refractivity contribution in [2.24, 2.45) is 0 Å². The highest BCUT2D eigenvalue weighted by molar-refractivity contribution is 7.51. The van der Waals surface area contributed by atoms with Gasteiger partial charge in [-0.15, -0.1) is 0 Å². The van der Waals surface area contributed by atoms with Gasteiger partial charge in [0.2, 0.25) is 0 Å². The zero-order valence-electron chi connectivity index (χ0n) is 20.0. The first-order valence-electron chi connectivity index (χ1n) is 11.9. The third-order valence-electron chi connectivity index (χ3n) is 5.79. The first-order valence-corrected chi connectivity index (χ1v) is 13.7. The van der Waals surface area contributed by atoms with Gasteiger partial charge >= 0.3 is 7.60 Å². The standard InChI is InChI=1S/C26H40NO4P/c1-5-7-14-24-23(18-20(3)27-21(4)22-12-10-9-11-13-22)16-17-26(25(24)15-8-6-2)31-19-32(28,29)30/h9-13,16-17,20-21,27H,5-8,14-15,18-19H2,1-4H3,(H2,28,29,30). The summed E-state index contributed by atoms with van der Waals surface area (Å²) in [5, 5.41) is 3.72. The molecule has 178 valence electrons. The molecule has 0 radical (unpaired) electrons. The maximum absolute atomic E-state index is 11.4. The summed E-state index contributed by atoms with van der Waals surface area (Å²) in [4.78, 5) is 18.6. The van der Waals surface area contributed by atoms with E-state index in [4.69, 9.17) is 4.74 Å². The molecule has 0 amide bonds. The smallest absolute Gasteiger partial charge is 0.362 e. The van der Waals surface area contributed by atoms with Gasteiger partial charge in [-0.3, -0.25) is 4.57 Å². The Kier molecular flexibility index (Phi) is 10.9. The minimum atomic E-state index is -4.23. The van der Waals surface area contributed by atoms with Gasteiger partial charge in [0.1, 0.15) is 5.75 Å². The second-order valence-corrected chi connectivity index (χ2v) is 10.3. The fourth-order valence-corrected chi connectivity index (χ4v) is 4.45. The van der Waals surface area contributed by atoms with Crippen molar-refractivity contribution >= 4 is 7.60 Å². The molecule has 0 saturated carbocycles. The number of nitrogens with one attached hydrogen (secondary N) is 1. The fourth-order valence-electron chi connectivity index (χ4n) is 4.15. The molecule has 0 heterocycles. The maximum Gasteiger partial charge on any atom is 0.362 e. The third kappa shape index (κ3) is 8.71. The molecule has 0 aliphatic heterocycles. The van der Waals surface area contributed by atoms with Gasteiger partial charge in [0.05, 0.1) is 0 Å². The summed E-state index contributed by atoms with van der Waals surface area (Å²) in [6.45, 7) is 8.75. The first kappa shape index (κ1) is 26.6. The van der Waals surface area contributed by atoms with Crippen LogP contribution >= 0.6 is 7.60 Å². The normalized spacial score (nSPS) is 13.7. The van der Waals surface area contributed by atoms with Gasteiger partial charge in [-0.1, -0.05) is 63.1 Å². The van der Waals surface area contributed by atoms with Crippen LogP contribution in [0.5, 0.6) is 5.75 Å². The first-order chi connectivity index (χ1) is 15.2. The van der Waals surface area contributed by atoms with Crippen LogP contribution in [0.3, 0.4) is 0 Å². The average Bonchev–Trinajstić information content (AvgIpc) is 2.75. The van der Waals surface area contributed by atoms with E-state index in [2.05, 4.69) is 63.3 Å². The Labute approximate surface area is 193 Å². The van der Waals surface area contributed by atoms with Crippen molar-refractivity contribution in [1.82, 2.24) is 5.32 Å². The minimum Gasteiger partial charge on any atom is -0.481 e. The second kappa shape index (κ2) is 13.2. The van der Waals surface area contributed by atoms with Gasteiger partial charge in [-0.2, -0.15) is 0 Å². The van der Waals surface area contributed by atoms with Gasteiger partial charge in [-0.05, 0) is 74.3 Å². The summed E-state index contributed by atoms with van der Waals surface area (Å²) >= 11 is 0. The molecule has 0 fully saturated rings. The summed E-state index contributed by atoms with van der Waals surface area (Å²) in [6.07, 6.45) is 6.39. The van der Waals surface area contributed by atoms with E-state index < -0.39 is 13.9 Å². The molecular formula is C26H40NO4P. The highest BCUT2D eigenvalue weighted by atomic mass is 31.2. The van der Waals surface area contributed by atoms with E-state index in [1.807, 2.05) is 12.1 Å². The number of hydrogen-bond acceptors (Lipinski definition) is 3. The molecule has 2 atom stereocenters. The molecule has 0 bridgehead atoms. The number of rotatable bonds is 14. The summed E-state index contributed by atoms with van der Waals surface area (Å²) in [6, 6.07) is 15.0. The van der Waals surface area contributed by atoms with Crippen molar-refractivity contribution in [3.63, 3.8) is 0 Å². The highest BCUT2D eigenvalue weighted by Gasteiger charge is 2.20. The van der Waals surface area contributed by atoms with E-state index in [9.17, 15) is 14.4 Å². The number of unbranched alkanes of at least 4 members (excludes halogenated alkanes) is 2. The van der Waals surface area contributed by atoms with Crippen LogP contribution in [0.4, 0.5) is 0 Å². The highest BCUT2D eigenvalue weighted by Crippen LogP contribution is 2.37. The van der Waals surface area contributed by atoms with Crippen molar-refractivity contribution in [3.05, 3.63) is 64.7 Å². The molecule has 2 unspecified atom stereocenters. The molecule has 0 aliphatic carbocycles. The number of benzene rings is 2. The molecule has 2 rings (SSSR count). The largest absolute Gasteiger partial charge is 0.481 e. The Bertz CT molecular complexity index is 866. The number of ether oxygens (including phenoxy) is 1. The molecule has 0 saturated heterocycles. The average molecular weight is 462 g/mol. The van der Waals surface area contributed by atoms with Crippen LogP contribution in [-0.2, 0) is 23.8 Å². The predicted octanol–water partition coefficient (Wildman–Crippen LogP) is 6.17. The van der Waals surface area contributed by atoms with Crippen molar-refractivity contribution in [2.75, 3.05) is 6.35 Å². The lowest BCUT2D eigenvalue weighted by Gasteiger charge is -2.24. The Morgan fingerprint density at radius 1 is 0.938 bits per heavy atom.